The maximum absolute atomic E-state index is 6.43. The summed E-state index contributed by atoms with van der Waals surface area (Å²) < 4.78 is 0. The molecule has 2 atom stereocenters. The first kappa shape index (κ1) is 10.7. The van der Waals surface area contributed by atoms with E-state index < -0.39 is 0 Å². The van der Waals surface area contributed by atoms with Crippen molar-refractivity contribution in [1.29, 1.82) is 0 Å². The van der Waals surface area contributed by atoms with Crippen molar-refractivity contribution < 1.29 is 0 Å². The number of benzene rings is 1. The van der Waals surface area contributed by atoms with E-state index in [-0.39, 0.29) is 5.54 Å². The first-order valence-electron chi connectivity index (χ1n) is 6.05. The van der Waals surface area contributed by atoms with E-state index in [1.165, 1.54) is 12.0 Å². The number of hydrogen-bond acceptors (Lipinski definition) is 1. The Hall–Kier alpha value is -0.820. The number of hydrogen-bond donors (Lipinski definition) is 1. The molecule has 0 aliphatic heterocycles. The molecule has 2 unspecified atom stereocenters. The van der Waals surface area contributed by atoms with Crippen molar-refractivity contribution in [2.45, 2.75) is 44.6 Å². The second kappa shape index (κ2) is 3.97. The average Bonchev–Trinajstić information content (AvgIpc) is 3.10. The molecule has 0 heterocycles. The predicted octanol–water partition coefficient (Wildman–Crippen LogP) is 3.31. The van der Waals surface area contributed by atoms with Gasteiger partial charge < -0.3 is 5.73 Å². The molecule has 1 fully saturated rings. The summed E-state index contributed by atoms with van der Waals surface area (Å²) in [5.41, 5.74) is 7.97. The van der Waals surface area contributed by atoms with Gasteiger partial charge in [0.1, 0.15) is 0 Å². The van der Waals surface area contributed by atoms with Crippen molar-refractivity contribution in [3.63, 3.8) is 0 Å². The van der Waals surface area contributed by atoms with Gasteiger partial charge in [-0.3, -0.25) is 0 Å². The predicted molar refractivity (Wildman–Crippen MR) is 64.8 cm³/mol. The Balaban J connectivity index is 2.08. The molecule has 0 amide bonds. The molecule has 1 nitrogen and oxygen atoms in total. The summed E-state index contributed by atoms with van der Waals surface area (Å²) >= 11 is 0. The van der Waals surface area contributed by atoms with Crippen LogP contribution < -0.4 is 5.73 Å². The zero-order valence-electron chi connectivity index (χ0n) is 9.74. The van der Waals surface area contributed by atoms with Gasteiger partial charge in [-0.1, -0.05) is 44.2 Å². The molecule has 1 aliphatic carbocycles. The van der Waals surface area contributed by atoms with Gasteiger partial charge in [-0.25, -0.2) is 0 Å². The van der Waals surface area contributed by atoms with Crippen LogP contribution in [0.3, 0.4) is 0 Å². The summed E-state index contributed by atoms with van der Waals surface area (Å²) in [7, 11) is 0. The lowest BCUT2D eigenvalue weighted by Gasteiger charge is -2.27. The quantitative estimate of drug-likeness (QED) is 0.798. The topological polar surface area (TPSA) is 26.0 Å². The average molecular weight is 203 g/mol. The standard InChI is InChI=1S/C14H21N/c1-3-14(15,4-2)13-10-12(13)11-8-6-5-7-9-11/h5-9,12-13H,3-4,10,15H2,1-2H3. The molecule has 0 radical (unpaired) electrons. The number of nitrogens with two attached hydrogens (primary N) is 1. The van der Waals surface area contributed by atoms with Gasteiger partial charge in [0.25, 0.3) is 0 Å². The third kappa shape index (κ3) is 1.93. The van der Waals surface area contributed by atoms with Crippen LogP contribution in [0, 0.1) is 5.92 Å². The minimum absolute atomic E-state index is 0.0699. The van der Waals surface area contributed by atoms with E-state index in [4.69, 9.17) is 5.73 Å². The van der Waals surface area contributed by atoms with Crippen LogP contribution in [0.2, 0.25) is 0 Å². The van der Waals surface area contributed by atoms with Crippen molar-refractivity contribution in [3.05, 3.63) is 35.9 Å². The summed E-state index contributed by atoms with van der Waals surface area (Å²) in [6, 6.07) is 10.8. The molecule has 1 aliphatic rings. The molecule has 15 heavy (non-hydrogen) atoms. The van der Waals surface area contributed by atoms with Crippen molar-refractivity contribution in [2.75, 3.05) is 0 Å². The van der Waals surface area contributed by atoms with Crippen LogP contribution >= 0.6 is 0 Å². The first-order chi connectivity index (χ1) is 7.21. The second-order valence-electron chi connectivity index (χ2n) is 4.80. The van der Waals surface area contributed by atoms with Crippen molar-refractivity contribution >= 4 is 0 Å². The fourth-order valence-electron chi connectivity index (χ4n) is 2.67. The molecule has 1 aromatic rings. The molecule has 2 N–H and O–H groups in total. The maximum Gasteiger partial charge on any atom is 0.0183 e. The van der Waals surface area contributed by atoms with Gasteiger partial charge >= 0.3 is 0 Å². The number of rotatable bonds is 4. The van der Waals surface area contributed by atoms with Crippen LogP contribution in [-0.2, 0) is 0 Å². The lowest BCUT2D eigenvalue weighted by molar-refractivity contribution is 0.339. The van der Waals surface area contributed by atoms with E-state index in [0.29, 0.717) is 5.92 Å². The van der Waals surface area contributed by atoms with Gasteiger partial charge in [0.05, 0.1) is 0 Å². The summed E-state index contributed by atoms with van der Waals surface area (Å²) in [4.78, 5) is 0. The lowest BCUT2D eigenvalue weighted by Crippen LogP contribution is -2.41. The Morgan fingerprint density at radius 1 is 1.20 bits per heavy atom. The highest BCUT2D eigenvalue weighted by atomic mass is 14.8. The lowest BCUT2D eigenvalue weighted by atomic mass is 9.86. The van der Waals surface area contributed by atoms with Crippen LogP contribution in [0.4, 0.5) is 0 Å². The zero-order chi connectivity index (χ0) is 10.9. The van der Waals surface area contributed by atoms with Crippen LogP contribution in [-0.4, -0.2) is 5.54 Å². The normalized spacial score (nSPS) is 25.3. The van der Waals surface area contributed by atoms with E-state index >= 15 is 0 Å². The van der Waals surface area contributed by atoms with Gasteiger partial charge in [-0.05, 0) is 36.7 Å². The highest BCUT2D eigenvalue weighted by Gasteiger charge is 2.49. The van der Waals surface area contributed by atoms with Gasteiger partial charge in [-0.2, -0.15) is 0 Å². The van der Waals surface area contributed by atoms with Crippen LogP contribution in [0.15, 0.2) is 30.3 Å². The molecular formula is C14H21N. The summed E-state index contributed by atoms with van der Waals surface area (Å²) in [5, 5.41) is 0. The highest BCUT2D eigenvalue weighted by molar-refractivity contribution is 5.28. The molecule has 0 aromatic heterocycles. The Kier molecular flexibility index (Phi) is 2.83. The summed E-state index contributed by atoms with van der Waals surface area (Å²) in [6.45, 7) is 4.42. The third-order valence-electron chi connectivity index (χ3n) is 4.07. The monoisotopic (exact) mass is 203 g/mol. The SMILES string of the molecule is CCC(N)(CC)C1CC1c1ccccc1. The van der Waals surface area contributed by atoms with E-state index in [9.17, 15) is 0 Å². The molecular weight excluding hydrogens is 182 g/mol. The van der Waals surface area contributed by atoms with Crippen LogP contribution in [0.25, 0.3) is 0 Å². The van der Waals surface area contributed by atoms with E-state index in [1.807, 2.05) is 0 Å². The largest absolute Gasteiger partial charge is 0.325 e. The Labute approximate surface area is 92.7 Å². The molecule has 0 saturated heterocycles. The highest BCUT2D eigenvalue weighted by Crippen LogP contribution is 2.54. The Morgan fingerprint density at radius 2 is 1.80 bits per heavy atom. The molecule has 1 heteroatoms. The molecule has 0 bridgehead atoms. The molecule has 0 spiro atoms. The van der Waals surface area contributed by atoms with Crippen LogP contribution in [0.1, 0.15) is 44.6 Å². The molecule has 1 aromatic carbocycles. The van der Waals surface area contributed by atoms with Crippen molar-refractivity contribution in [2.24, 2.45) is 11.7 Å². The van der Waals surface area contributed by atoms with Gasteiger partial charge in [0, 0.05) is 5.54 Å². The molecule has 82 valence electrons. The fourth-order valence-corrected chi connectivity index (χ4v) is 2.67. The van der Waals surface area contributed by atoms with Gasteiger partial charge in [0.15, 0.2) is 0 Å². The van der Waals surface area contributed by atoms with E-state index in [0.717, 1.165) is 18.8 Å². The Morgan fingerprint density at radius 3 is 2.33 bits per heavy atom. The summed E-state index contributed by atoms with van der Waals surface area (Å²) in [6.07, 6.45) is 3.47. The summed E-state index contributed by atoms with van der Waals surface area (Å²) in [5.74, 6) is 1.42. The maximum atomic E-state index is 6.43. The second-order valence-corrected chi connectivity index (χ2v) is 4.80. The van der Waals surface area contributed by atoms with Crippen molar-refractivity contribution in [1.82, 2.24) is 0 Å². The smallest absolute Gasteiger partial charge is 0.0183 e. The van der Waals surface area contributed by atoms with E-state index in [1.54, 1.807) is 0 Å². The molecule has 2 rings (SSSR count). The zero-order valence-corrected chi connectivity index (χ0v) is 9.74. The third-order valence-corrected chi connectivity index (χ3v) is 4.07. The van der Waals surface area contributed by atoms with Crippen LogP contribution in [0.5, 0.6) is 0 Å². The minimum atomic E-state index is 0.0699. The Bertz CT molecular complexity index is 313. The van der Waals surface area contributed by atoms with Gasteiger partial charge in [0.2, 0.25) is 0 Å². The van der Waals surface area contributed by atoms with Gasteiger partial charge in [-0.15, -0.1) is 0 Å². The first-order valence-corrected chi connectivity index (χ1v) is 6.05. The fraction of sp³-hybridized carbons (Fsp3) is 0.571. The van der Waals surface area contributed by atoms with E-state index in [2.05, 4.69) is 44.2 Å². The van der Waals surface area contributed by atoms with Crippen molar-refractivity contribution in [3.8, 4) is 0 Å². The minimum Gasteiger partial charge on any atom is -0.325 e. The molecule has 1 saturated carbocycles.